The molecular formula is C20H20N2O7. The minimum absolute atomic E-state index is 0.0908. The third kappa shape index (κ3) is 5.10. The topological polar surface area (TPSA) is 108 Å². The predicted octanol–water partition coefficient (Wildman–Crippen LogP) is 2.99. The molecule has 9 nitrogen and oxygen atoms in total. The van der Waals surface area contributed by atoms with Gasteiger partial charge in [0, 0.05) is 18.3 Å². The van der Waals surface area contributed by atoms with Gasteiger partial charge < -0.3 is 19.1 Å². The van der Waals surface area contributed by atoms with Crippen LogP contribution >= 0.6 is 0 Å². The standard InChI is InChI=1S/C20H20N2O7/c1-4-10-21(14-8-6-5-7-9-14)19(23)13-29-20(24)15-11-17(27-2)18(28-3)12-16(15)22(25)26/h4-9,11-12H,1,10,13H2,2-3H3. The maximum Gasteiger partial charge on any atom is 0.345 e. The van der Waals surface area contributed by atoms with Gasteiger partial charge in [0.25, 0.3) is 11.6 Å². The van der Waals surface area contributed by atoms with Crippen molar-refractivity contribution in [3.63, 3.8) is 0 Å². The summed E-state index contributed by atoms with van der Waals surface area (Å²) in [7, 11) is 2.64. The molecule has 0 aliphatic heterocycles. The number of amides is 1. The number of hydrogen-bond acceptors (Lipinski definition) is 7. The van der Waals surface area contributed by atoms with Gasteiger partial charge in [-0.15, -0.1) is 6.58 Å². The number of nitro groups is 1. The van der Waals surface area contributed by atoms with Gasteiger partial charge >= 0.3 is 5.97 Å². The Kier molecular flexibility index (Phi) is 7.30. The van der Waals surface area contributed by atoms with Gasteiger partial charge in [0.1, 0.15) is 5.56 Å². The van der Waals surface area contributed by atoms with Crippen molar-refractivity contribution >= 4 is 23.3 Å². The van der Waals surface area contributed by atoms with Gasteiger partial charge in [0.05, 0.1) is 25.2 Å². The normalized spacial score (nSPS) is 10.0. The van der Waals surface area contributed by atoms with E-state index in [4.69, 9.17) is 14.2 Å². The molecule has 2 aromatic carbocycles. The summed E-state index contributed by atoms with van der Waals surface area (Å²) in [6.07, 6.45) is 1.53. The number of rotatable bonds is 9. The van der Waals surface area contributed by atoms with Crippen LogP contribution in [0.4, 0.5) is 11.4 Å². The zero-order chi connectivity index (χ0) is 21.4. The Morgan fingerprint density at radius 2 is 1.76 bits per heavy atom. The highest BCUT2D eigenvalue weighted by atomic mass is 16.6. The van der Waals surface area contributed by atoms with Crippen LogP contribution in [0, 0.1) is 10.1 Å². The fourth-order valence-electron chi connectivity index (χ4n) is 2.55. The van der Waals surface area contributed by atoms with Crippen molar-refractivity contribution < 1.29 is 28.7 Å². The number of methoxy groups -OCH3 is 2. The van der Waals surface area contributed by atoms with Crippen LogP contribution < -0.4 is 14.4 Å². The molecule has 0 spiro atoms. The van der Waals surface area contributed by atoms with Gasteiger partial charge in [-0.2, -0.15) is 0 Å². The first kappa shape index (κ1) is 21.4. The van der Waals surface area contributed by atoms with E-state index in [0.717, 1.165) is 12.1 Å². The molecule has 0 saturated carbocycles. The van der Waals surface area contributed by atoms with E-state index in [0.29, 0.717) is 5.69 Å². The van der Waals surface area contributed by atoms with Gasteiger partial charge in [-0.05, 0) is 12.1 Å². The van der Waals surface area contributed by atoms with E-state index in [1.54, 1.807) is 30.3 Å². The number of anilines is 1. The first-order valence-corrected chi connectivity index (χ1v) is 8.46. The molecule has 0 bridgehead atoms. The molecule has 1 amide bonds. The molecule has 0 unspecified atom stereocenters. The van der Waals surface area contributed by atoms with Crippen molar-refractivity contribution in [2.24, 2.45) is 0 Å². The van der Waals surface area contributed by atoms with Crippen LogP contribution in [0.15, 0.2) is 55.1 Å². The summed E-state index contributed by atoms with van der Waals surface area (Å²) in [5, 5.41) is 11.3. The SMILES string of the molecule is C=CCN(C(=O)COC(=O)c1cc(OC)c(OC)cc1[N+](=O)[O-])c1ccccc1. The number of esters is 1. The lowest BCUT2D eigenvalue weighted by Crippen LogP contribution is -2.34. The Hall–Kier alpha value is -3.88. The van der Waals surface area contributed by atoms with Crippen LogP contribution in [0.25, 0.3) is 0 Å². The van der Waals surface area contributed by atoms with E-state index in [9.17, 15) is 19.7 Å². The first-order valence-electron chi connectivity index (χ1n) is 8.46. The van der Waals surface area contributed by atoms with Gasteiger partial charge in [-0.25, -0.2) is 4.79 Å². The van der Waals surface area contributed by atoms with Crippen LogP contribution in [-0.2, 0) is 9.53 Å². The molecule has 0 heterocycles. The largest absolute Gasteiger partial charge is 0.493 e. The Morgan fingerprint density at radius 1 is 1.14 bits per heavy atom. The van der Waals surface area contributed by atoms with Gasteiger partial charge in [0.15, 0.2) is 18.1 Å². The lowest BCUT2D eigenvalue weighted by Gasteiger charge is -2.21. The molecule has 2 rings (SSSR count). The Bertz CT molecular complexity index is 913. The molecule has 2 aromatic rings. The lowest BCUT2D eigenvalue weighted by molar-refractivity contribution is -0.385. The molecule has 0 saturated heterocycles. The average molecular weight is 400 g/mol. The van der Waals surface area contributed by atoms with Crippen molar-refractivity contribution in [2.45, 2.75) is 0 Å². The molecular weight excluding hydrogens is 380 g/mol. The minimum Gasteiger partial charge on any atom is -0.493 e. The van der Waals surface area contributed by atoms with Crippen molar-refractivity contribution in [2.75, 3.05) is 32.3 Å². The summed E-state index contributed by atoms with van der Waals surface area (Å²) in [6, 6.07) is 11.0. The number of nitrogens with zero attached hydrogens (tertiary/aromatic N) is 2. The predicted molar refractivity (Wildman–Crippen MR) is 105 cm³/mol. The second-order valence-corrected chi connectivity index (χ2v) is 5.69. The number of para-hydroxylation sites is 1. The smallest absolute Gasteiger partial charge is 0.345 e. The van der Waals surface area contributed by atoms with Crippen molar-refractivity contribution in [1.29, 1.82) is 0 Å². The van der Waals surface area contributed by atoms with Crippen LogP contribution in [0.5, 0.6) is 11.5 Å². The highest BCUT2D eigenvalue weighted by molar-refractivity contribution is 5.99. The molecule has 0 N–H and O–H groups in total. The van der Waals surface area contributed by atoms with E-state index in [1.165, 1.54) is 25.2 Å². The van der Waals surface area contributed by atoms with Crippen LogP contribution in [-0.4, -0.2) is 44.2 Å². The zero-order valence-corrected chi connectivity index (χ0v) is 16.0. The summed E-state index contributed by atoms with van der Waals surface area (Å²) >= 11 is 0. The molecule has 9 heteroatoms. The van der Waals surface area contributed by atoms with E-state index in [2.05, 4.69) is 6.58 Å². The van der Waals surface area contributed by atoms with Crippen LogP contribution in [0.2, 0.25) is 0 Å². The van der Waals surface area contributed by atoms with E-state index >= 15 is 0 Å². The summed E-state index contributed by atoms with van der Waals surface area (Å²) < 4.78 is 15.1. The van der Waals surface area contributed by atoms with Crippen LogP contribution in [0.1, 0.15) is 10.4 Å². The fourth-order valence-corrected chi connectivity index (χ4v) is 2.55. The molecule has 0 aliphatic rings. The van der Waals surface area contributed by atoms with E-state index in [1.807, 2.05) is 0 Å². The van der Waals surface area contributed by atoms with Crippen molar-refractivity contribution in [3.05, 3.63) is 70.8 Å². The Morgan fingerprint density at radius 3 is 2.31 bits per heavy atom. The maximum atomic E-state index is 12.5. The molecule has 29 heavy (non-hydrogen) atoms. The quantitative estimate of drug-likeness (QED) is 0.275. The third-order valence-corrected chi connectivity index (χ3v) is 3.93. The van der Waals surface area contributed by atoms with Crippen molar-refractivity contribution in [3.8, 4) is 11.5 Å². The maximum absolute atomic E-state index is 12.5. The average Bonchev–Trinajstić information content (AvgIpc) is 2.74. The van der Waals surface area contributed by atoms with Gasteiger partial charge in [0.2, 0.25) is 0 Å². The molecule has 0 aromatic heterocycles. The Balaban J connectivity index is 2.22. The second-order valence-electron chi connectivity index (χ2n) is 5.69. The number of carbonyl (C=O) groups excluding carboxylic acids is 2. The highest BCUT2D eigenvalue weighted by Gasteiger charge is 2.27. The number of benzene rings is 2. The first-order chi connectivity index (χ1) is 13.9. The van der Waals surface area contributed by atoms with Crippen molar-refractivity contribution in [1.82, 2.24) is 0 Å². The highest BCUT2D eigenvalue weighted by Crippen LogP contribution is 2.34. The molecule has 0 aliphatic carbocycles. The van der Waals surface area contributed by atoms with Gasteiger partial charge in [-0.1, -0.05) is 24.3 Å². The molecule has 0 radical (unpaired) electrons. The number of carbonyl (C=O) groups is 2. The molecule has 0 fully saturated rings. The summed E-state index contributed by atoms with van der Waals surface area (Å²) in [6.45, 7) is 3.22. The summed E-state index contributed by atoms with van der Waals surface area (Å²) in [4.78, 5) is 36.9. The van der Waals surface area contributed by atoms with E-state index < -0.39 is 29.1 Å². The molecule has 152 valence electrons. The monoisotopic (exact) mass is 400 g/mol. The summed E-state index contributed by atoms with van der Waals surface area (Å²) in [5.41, 5.74) is -0.271. The second kappa shape index (κ2) is 9.88. The molecule has 0 atom stereocenters. The lowest BCUT2D eigenvalue weighted by atomic mass is 10.1. The number of nitro benzene ring substituents is 1. The van der Waals surface area contributed by atoms with Crippen LogP contribution in [0.3, 0.4) is 0 Å². The fraction of sp³-hybridized carbons (Fsp3) is 0.200. The van der Waals surface area contributed by atoms with E-state index in [-0.39, 0.29) is 23.6 Å². The number of hydrogen-bond donors (Lipinski definition) is 0. The number of ether oxygens (including phenoxy) is 3. The third-order valence-electron chi connectivity index (χ3n) is 3.93. The van der Waals surface area contributed by atoms with Gasteiger partial charge in [-0.3, -0.25) is 14.9 Å². The zero-order valence-electron chi connectivity index (χ0n) is 16.0. The summed E-state index contributed by atoms with van der Waals surface area (Å²) in [5.74, 6) is -1.33. The Labute approximate surface area is 167 Å². The minimum atomic E-state index is -1.03.